The van der Waals surface area contributed by atoms with E-state index in [1.54, 1.807) is 0 Å². The summed E-state index contributed by atoms with van der Waals surface area (Å²) in [5.74, 6) is 0.643. The number of rotatable bonds is 3. The average molecular weight is 254 g/mol. The van der Waals surface area contributed by atoms with Crippen molar-refractivity contribution in [3.63, 3.8) is 0 Å². The first-order valence-electron chi connectivity index (χ1n) is 7.22. The third-order valence-electron chi connectivity index (χ3n) is 4.18. The molecule has 3 atom stereocenters. The maximum absolute atomic E-state index is 12.1. The Morgan fingerprint density at radius 3 is 2.94 bits per heavy atom. The van der Waals surface area contributed by atoms with E-state index >= 15 is 0 Å². The molecule has 0 bridgehead atoms. The van der Waals surface area contributed by atoms with E-state index in [-0.39, 0.29) is 11.4 Å². The summed E-state index contributed by atoms with van der Waals surface area (Å²) in [7, 11) is 0. The van der Waals surface area contributed by atoms with E-state index in [2.05, 4.69) is 12.2 Å². The highest BCUT2D eigenvalue weighted by Gasteiger charge is 2.30. The van der Waals surface area contributed by atoms with Gasteiger partial charge in [-0.15, -0.1) is 0 Å². The highest BCUT2D eigenvalue weighted by molar-refractivity contribution is 5.77. The second-order valence-electron chi connectivity index (χ2n) is 6.26. The summed E-state index contributed by atoms with van der Waals surface area (Å²) in [5.41, 5.74) is 5.80. The molecule has 0 spiro atoms. The van der Waals surface area contributed by atoms with Gasteiger partial charge in [0.1, 0.15) is 0 Å². The molecule has 3 unspecified atom stereocenters. The molecule has 0 aromatic rings. The zero-order valence-corrected chi connectivity index (χ0v) is 11.4. The molecule has 4 nitrogen and oxygen atoms in total. The molecular formula is C14H26N2O2. The average Bonchev–Trinajstić information content (AvgIpc) is 2.28. The topological polar surface area (TPSA) is 64.4 Å². The molecule has 1 saturated carbocycles. The summed E-state index contributed by atoms with van der Waals surface area (Å²) in [6.45, 7) is 3.54. The van der Waals surface area contributed by atoms with Gasteiger partial charge in [-0.3, -0.25) is 4.79 Å². The maximum Gasteiger partial charge on any atom is 0.220 e. The lowest BCUT2D eigenvalue weighted by atomic mass is 9.83. The fourth-order valence-electron chi connectivity index (χ4n) is 3.20. The summed E-state index contributed by atoms with van der Waals surface area (Å²) >= 11 is 0. The minimum atomic E-state index is -0.161. The molecule has 3 N–H and O–H groups in total. The highest BCUT2D eigenvalue weighted by atomic mass is 16.5. The summed E-state index contributed by atoms with van der Waals surface area (Å²) in [4.78, 5) is 12.1. The number of hydrogen-bond donors (Lipinski definition) is 2. The Bertz CT molecular complexity index is 288. The van der Waals surface area contributed by atoms with Crippen LogP contribution in [0.15, 0.2) is 0 Å². The standard InChI is InChI=1S/C14H26N2O2/c1-14(6-3-7-18-10-14)16-13(17)9-11-4-2-5-12(15)8-11/h11-12H,2-10,15H2,1H3,(H,16,17). The Morgan fingerprint density at radius 2 is 2.28 bits per heavy atom. The molecule has 1 amide bonds. The first-order chi connectivity index (χ1) is 8.57. The van der Waals surface area contributed by atoms with Crippen molar-refractivity contribution >= 4 is 5.91 Å². The molecule has 18 heavy (non-hydrogen) atoms. The van der Waals surface area contributed by atoms with Gasteiger partial charge in [0.05, 0.1) is 12.1 Å². The Morgan fingerprint density at radius 1 is 1.44 bits per heavy atom. The second-order valence-corrected chi connectivity index (χ2v) is 6.26. The smallest absolute Gasteiger partial charge is 0.220 e. The van der Waals surface area contributed by atoms with Crippen LogP contribution in [0.25, 0.3) is 0 Å². The molecule has 1 aliphatic heterocycles. The molecule has 2 aliphatic rings. The first-order valence-corrected chi connectivity index (χ1v) is 7.22. The number of ether oxygens (including phenoxy) is 1. The Labute approximate surface area is 110 Å². The van der Waals surface area contributed by atoms with E-state index in [1.807, 2.05) is 0 Å². The van der Waals surface area contributed by atoms with Gasteiger partial charge in [-0.2, -0.15) is 0 Å². The maximum atomic E-state index is 12.1. The molecule has 2 fully saturated rings. The fourth-order valence-corrected chi connectivity index (χ4v) is 3.20. The molecule has 0 aromatic heterocycles. The van der Waals surface area contributed by atoms with Crippen LogP contribution in [0.3, 0.4) is 0 Å². The predicted octanol–water partition coefficient (Wildman–Crippen LogP) is 1.58. The molecule has 0 radical (unpaired) electrons. The number of carbonyl (C=O) groups is 1. The third-order valence-corrected chi connectivity index (χ3v) is 4.18. The molecule has 2 rings (SSSR count). The van der Waals surface area contributed by atoms with Crippen molar-refractivity contribution in [3.8, 4) is 0 Å². The summed E-state index contributed by atoms with van der Waals surface area (Å²) in [6.07, 6.45) is 7.11. The van der Waals surface area contributed by atoms with Crippen molar-refractivity contribution in [2.75, 3.05) is 13.2 Å². The van der Waals surface area contributed by atoms with Gasteiger partial charge in [-0.1, -0.05) is 6.42 Å². The van der Waals surface area contributed by atoms with Crippen LogP contribution < -0.4 is 11.1 Å². The monoisotopic (exact) mass is 254 g/mol. The van der Waals surface area contributed by atoms with Gasteiger partial charge in [-0.05, 0) is 44.9 Å². The second kappa shape index (κ2) is 6.02. The van der Waals surface area contributed by atoms with Crippen LogP contribution in [0.2, 0.25) is 0 Å². The number of nitrogens with two attached hydrogens (primary N) is 1. The van der Waals surface area contributed by atoms with Crippen molar-refractivity contribution in [2.45, 2.75) is 63.5 Å². The summed E-state index contributed by atoms with van der Waals surface area (Å²) < 4.78 is 5.46. The zero-order chi connectivity index (χ0) is 13.0. The van der Waals surface area contributed by atoms with E-state index in [1.165, 1.54) is 6.42 Å². The van der Waals surface area contributed by atoms with Gasteiger partial charge >= 0.3 is 0 Å². The number of amides is 1. The van der Waals surface area contributed by atoms with Crippen LogP contribution in [-0.2, 0) is 9.53 Å². The quantitative estimate of drug-likeness (QED) is 0.803. The van der Waals surface area contributed by atoms with Crippen LogP contribution >= 0.6 is 0 Å². The number of hydrogen-bond acceptors (Lipinski definition) is 3. The minimum absolute atomic E-state index is 0.161. The molecular weight excluding hydrogens is 228 g/mol. The molecule has 1 saturated heterocycles. The molecule has 0 aromatic carbocycles. The summed E-state index contributed by atoms with van der Waals surface area (Å²) in [6, 6.07) is 0.296. The number of carbonyl (C=O) groups excluding carboxylic acids is 1. The van der Waals surface area contributed by atoms with Gasteiger partial charge in [0, 0.05) is 19.1 Å². The molecule has 104 valence electrons. The Kier molecular flexibility index (Phi) is 4.62. The van der Waals surface area contributed by atoms with Crippen LogP contribution in [0.4, 0.5) is 0 Å². The van der Waals surface area contributed by atoms with Gasteiger partial charge in [0.25, 0.3) is 0 Å². The van der Waals surface area contributed by atoms with Crippen molar-refractivity contribution in [1.29, 1.82) is 0 Å². The predicted molar refractivity (Wildman–Crippen MR) is 71.2 cm³/mol. The van der Waals surface area contributed by atoms with Crippen LogP contribution in [0.1, 0.15) is 51.9 Å². The summed E-state index contributed by atoms with van der Waals surface area (Å²) in [5, 5.41) is 3.15. The SMILES string of the molecule is CC1(NC(=O)CC2CCCC(N)C2)CCCOC1. The van der Waals surface area contributed by atoms with Crippen molar-refractivity contribution in [1.82, 2.24) is 5.32 Å². The lowest BCUT2D eigenvalue weighted by Gasteiger charge is -2.35. The van der Waals surface area contributed by atoms with E-state index in [9.17, 15) is 4.79 Å². The van der Waals surface area contributed by atoms with E-state index in [0.717, 1.165) is 38.7 Å². The van der Waals surface area contributed by atoms with Crippen molar-refractivity contribution < 1.29 is 9.53 Å². The first kappa shape index (κ1) is 13.8. The zero-order valence-electron chi connectivity index (χ0n) is 11.4. The fraction of sp³-hybridized carbons (Fsp3) is 0.929. The molecule has 1 heterocycles. The minimum Gasteiger partial charge on any atom is -0.379 e. The molecule has 1 aliphatic carbocycles. The Hall–Kier alpha value is -0.610. The van der Waals surface area contributed by atoms with Crippen LogP contribution in [0.5, 0.6) is 0 Å². The number of nitrogens with one attached hydrogen (secondary N) is 1. The Balaban J connectivity index is 1.77. The third kappa shape index (κ3) is 3.95. The van der Waals surface area contributed by atoms with Gasteiger partial charge in [0.2, 0.25) is 5.91 Å². The van der Waals surface area contributed by atoms with Gasteiger partial charge in [-0.25, -0.2) is 0 Å². The van der Waals surface area contributed by atoms with Gasteiger partial charge < -0.3 is 15.8 Å². The van der Waals surface area contributed by atoms with E-state index in [0.29, 0.717) is 25.0 Å². The van der Waals surface area contributed by atoms with E-state index < -0.39 is 0 Å². The van der Waals surface area contributed by atoms with Gasteiger partial charge in [0.15, 0.2) is 0 Å². The highest BCUT2D eigenvalue weighted by Crippen LogP contribution is 2.26. The van der Waals surface area contributed by atoms with Crippen molar-refractivity contribution in [3.05, 3.63) is 0 Å². The normalized spacial score (nSPS) is 37.2. The lowest BCUT2D eigenvalue weighted by Crippen LogP contribution is -2.52. The van der Waals surface area contributed by atoms with Crippen LogP contribution in [0, 0.1) is 5.92 Å². The van der Waals surface area contributed by atoms with Crippen LogP contribution in [-0.4, -0.2) is 30.7 Å². The van der Waals surface area contributed by atoms with Crippen molar-refractivity contribution in [2.24, 2.45) is 11.7 Å². The largest absolute Gasteiger partial charge is 0.379 e. The van der Waals surface area contributed by atoms with E-state index in [4.69, 9.17) is 10.5 Å². The molecule has 4 heteroatoms. The lowest BCUT2D eigenvalue weighted by molar-refractivity contribution is -0.125.